The van der Waals surface area contributed by atoms with E-state index in [0.29, 0.717) is 17.7 Å². The fraction of sp³-hybridized carbons (Fsp3) is 0.615. The highest BCUT2D eigenvalue weighted by Crippen LogP contribution is 2.31. The Morgan fingerprint density at radius 3 is 2.91 bits per heavy atom. The highest BCUT2D eigenvalue weighted by molar-refractivity contribution is 7.80. The van der Waals surface area contributed by atoms with Gasteiger partial charge in [-0.3, -0.25) is 4.57 Å². The van der Waals surface area contributed by atoms with Gasteiger partial charge in [0.05, 0.1) is 6.33 Å². The van der Waals surface area contributed by atoms with Crippen molar-refractivity contribution in [2.75, 3.05) is 24.6 Å². The van der Waals surface area contributed by atoms with Gasteiger partial charge in [-0.05, 0) is 18.7 Å². The lowest BCUT2D eigenvalue weighted by molar-refractivity contribution is -0.0341. The quantitative estimate of drug-likeness (QED) is 0.332. The molecule has 126 valence electrons. The normalized spacial score (nSPS) is 27.8. The number of rotatable bonds is 6. The van der Waals surface area contributed by atoms with Crippen molar-refractivity contribution < 1.29 is 14.9 Å². The van der Waals surface area contributed by atoms with Crippen LogP contribution in [0.3, 0.4) is 0 Å². The first kappa shape index (κ1) is 16.4. The summed E-state index contributed by atoms with van der Waals surface area (Å²) in [5.74, 6) is 1.04. The molecule has 9 nitrogen and oxygen atoms in total. The van der Waals surface area contributed by atoms with Gasteiger partial charge in [0.2, 0.25) is 0 Å². The molecule has 1 aliphatic rings. The molecular weight excluding hydrogens is 320 g/mol. The van der Waals surface area contributed by atoms with Crippen molar-refractivity contribution in [2.24, 2.45) is 0 Å². The van der Waals surface area contributed by atoms with E-state index in [4.69, 9.17) is 10.5 Å². The molecule has 0 bridgehead atoms. The number of hydrogen-bond donors (Lipinski definition) is 5. The van der Waals surface area contributed by atoms with Crippen LogP contribution in [0.1, 0.15) is 12.6 Å². The van der Waals surface area contributed by atoms with Crippen molar-refractivity contribution >= 4 is 29.6 Å². The molecule has 10 heteroatoms. The highest BCUT2D eigenvalue weighted by Gasteiger charge is 2.44. The van der Waals surface area contributed by atoms with Crippen LogP contribution in [0.15, 0.2) is 12.7 Å². The summed E-state index contributed by atoms with van der Waals surface area (Å²) < 4.78 is 7.36. The van der Waals surface area contributed by atoms with Gasteiger partial charge in [-0.1, -0.05) is 0 Å². The van der Waals surface area contributed by atoms with Gasteiger partial charge < -0.3 is 26.0 Å². The van der Waals surface area contributed by atoms with Crippen LogP contribution in [0, 0.1) is 0 Å². The molecule has 0 amide bonds. The number of nitrogens with one attached hydrogen (secondary N) is 1. The van der Waals surface area contributed by atoms with E-state index in [-0.39, 0.29) is 5.82 Å². The molecule has 5 N–H and O–H groups in total. The van der Waals surface area contributed by atoms with Crippen LogP contribution in [-0.2, 0) is 4.74 Å². The number of nitrogen functional groups attached to an aromatic ring is 1. The van der Waals surface area contributed by atoms with Crippen LogP contribution in [0.2, 0.25) is 0 Å². The lowest BCUT2D eigenvalue weighted by atomic mass is 10.1. The van der Waals surface area contributed by atoms with Crippen LogP contribution in [0.25, 0.3) is 11.2 Å². The first-order valence-electron chi connectivity index (χ1n) is 7.39. The van der Waals surface area contributed by atoms with Gasteiger partial charge in [0.15, 0.2) is 17.7 Å². The Morgan fingerprint density at radius 1 is 1.30 bits per heavy atom. The Bertz CT molecular complexity index is 668. The molecule has 4 atom stereocenters. The van der Waals surface area contributed by atoms with Gasteiger partial charge in [-0.15, -0.1) is 0 Å². The van der Waals surface area contributed by atoms with Crippen LogP contribution < -0.4 is 11.1 Å². The third-order valence-electron chi connectivity index (χ3n) is 3.86. The first-order chi connectivity index (χ1) is 11.1. The fourth-order valence-corrected chi connectivity index (χ4v) is 2.79. The summed E-state index contributed by atoms with van der Waals surface area (Å²) in [7, 11) is 0. The smallest absolute Gasteiger partial charge is 0.167 e. The summed E-state index contributed by atoms with van der Waals surface area (Å²) in [5, 5.41) is 23.7. The largest absolute Gasteiger partial charge is 0.387 e. The second kappa shape index (κ2) is 6.97. The minimum atomic E-state index is -1.08. The topological polar surface area (TPSA) is 131 Å². The highest BCUT2D eigenvalue weighted by atomic mass is 32.1. The van der Waals surface area contributed by atoms with Crippen molar-refractivity contribution in [1.29, 1.82) is 0 Å². The molecule has 1 fully saturated rings. The summed E-state index contributed by atoms with van der Waals surface area (Å²) >= 11 is 4.14. The van der Waals surface area contributed by atoms with Crippen LogP contribution in [0.5, 0.6) is 0 Å². The molecule has 3 rings (SSSR count). The maximum atomic E-state index is 10.3. The second-order valence-corrected chi connectivity index (χ2v) is 5.86. The van der Waals surface area contributed by atoms with Gasteiger partial charge in [0.1, 0.15) is 30.2 Å². The van der Waals surface area contributed by atoms with Crippen molar-refractivity contribution in [3.8, 4) is 0 Å². The van der Waals surface area contributed by atoms with Gasteiger partial charge >= 0.3 is 0 Å². The zero-order valence-corrected chi connectivity index (χ0v) is 13.3. The Balaban J connectivity index is 1.76. The van der Waals surface area contributed by atoms with Crippen molar-refractivity contribution in [1.82, 2.24) is 24.8 Å². The zero-order chi connectivity index (χ0) is 16.4. The number of fused-ring (bicyclic) bond motifs is 1. The van der Waals surface area contributed by atoms with Crippen LogP contribution >= 0.6 is 12.6 Å². The molecule has 1 aliphatic heterocycles. The van der Waals surface area contributed by atoms with Crippen LogP contribution in [0.4, 0.5) is 5.82 Å². The summed E-state index contributed by atoms with van der Waals surface area (Å²) in [5.41, 5.74) is 6.65. The van der Waals surface area contributed by atoms with E-state index in [9.17, 15) is 10.2 Å². The fourth-order valence-electron chi connectivity index (χ4n) is 2.63. The molecule has 3 heterocycles. The van der Waals surface area contributed by atoms with E-state index in [0.717, 1.165) is 18.7 Å². The van der Waals surface area contributed by atoms with E-state index in [1.54, 1.807) is 4.57 Å². The third-order valence-corrected chi connectivity index (χ3v) is 4.17. The maximum absolute atomic E-state index is 10.3. The number of aliphatic hydroxyl groups excluding tert-OH is 2. The molecule has 2 aromatic rings. The van der Waals surface area contributed by atoms with Gasteiger partial charge in [0.25, 0.3) is 0 Å². The number of imidazole rings is 1. The summed E-state index contributed by atoms with van der Waals surface area (Å²) in [6.45, 7) is 1.21. The first-order valence-corrected chi connectivity index (χ1v) is 8.03. The number of aliphatic hydroxyl groups is 2. The predicted molar refractivity (Wildman–Crippen MR) is 87.0 cm³/mol. The minimum Gasteiger partial charge on any atom is -0.387 e. The number of nitrogens with two attached hydrogens (primary N) is 1. The molecule has 0 radical (unpaired) electrons. The lowest BCUT2D eigenvalue weighted by Crippen LogP contribution is -2.38. The van der Waals surface area contributed by atoms with E-state index >= 15 is 0 Å². The molecule has 0 saturated carbocycles. The van der Waals surface area contributed by atoms with Gasteiger partial charge in [-0.2, -0.15) is 12.6 Å². The Hall–Kier alpha value is -1.46. The second-order valence-electron chi connectivity index (χ2n) is 5.41. The average molecular weight is 340 g/mol. The molecule has 0 aliphatic carbocycles. The number of ether oxygens (including phenoxy) is 1. The molecule has 0 unspecified atom stereocenters. The monoisotopic (exact) mass is 340 g/mol. The molecular formula is C13H20N6O3S. The number of aromatic nitrogens is 4. The molecule has 2 aromatic heterocycles. The Labute approximate surface area is 138 Å². The lowest BCUT2D eigenvalue weighted by Gasteiger charge is -2.16. The number of nitrogens with zero attached hydrogens (tertiary/aromatic N) is 4. The molecule has 0 spiro atoms. The van der Waals surface area contributed by atoms with Crippen molar-refractivity contribution in [3.63, 3.8) is 0 Å². The number of thiol groups is 1. The van der Waals surface area contributed by atoms with Gasteiger partial charge in [0, 0.05) is 6.54 Å². The van der Waals surface area contributed by atoms with Crippen molar-refractivity contribution in [3.05, 3.63) is 12.7 Å². The predicted octanol–water partition coefficient (Wildman–Crippen LogP) is -1.06. The Kier molecular flexibility index (Phi) is 4.97. The Morgan fingerprint density at radius 2 is 2.13 bits per heavy atom. The number of hydrogen-bond acceptors (Lipinski definition) is 9. The summed E-state index contributed by atoms with van der Waals surface area (Å²) in [6.07, 6.45) is 0.338. The van der Waals surface area contributed by atoms with Crippen LogP contribution in [-0.4, -0.2) is 66.9 Å². The molecule has 1 saturated heterocycles. The van der Waals surface area contributed by atoms with Gasteiger partial charge in [-0.25, -0.2) is 15.0 Å². The van der Waals surface area contributed by atoms with Crippen molar-refractivity contribution in [2.45, 2.75) is 31.0 Å². The SMILES string of the molecule is Nc1ncnc2c1ncn2[C@@H]1O[C@H](CNCCCS)[C@@H](O)[C@H]1O. The summed E-state index contributed by atoms with van der Waals surface area (Å²) in [4.78, 5) is 12.2. The maximum Gasteiger partial charge on any atom is 0.167 e. The number of anilines is 1. The molecule has 23 heavy (non-hydrogen) atoms. The summed E-state index contributed by atoms with van der Waals surface area (Å²) in [6, 6.07) is 0. The minimum absolute atomic E-state index is 0.256. The zero-order valence-electron chi connectivity index (χ0n) is 12.4. The van der Waals surface area contributed by atoms with E-state index < -0.39 is 24.5 Å². The molecule has 0 aromatic carbocycles. The van der Waals surface area contributed by atoms with E-state index in [1.165, 1.54) is 12.7 Å². The standard InChI is InChI=1S/C13H20N6O3S/c14-11-8-12(17-5-16-11)19(6-18-8)13-10(21)9(20)7(22-13)4-15-2-1-3-23/h5-7,9-10,13,15,20-21,23H,1-4H2,(H2,14,16,17)/t7-,9-,10-,13-/m1/s1. The average Bonchev–Trinajstić information content (AvgIpc) is 3.09. The third kappa shape index (κ3) is 3.12. The van der Waals surface area contributed by atoms with E-state index in [1.807, 2.05) is 0 Å². The van der Waals surface area contributed by atoms with E-state index in [2.05, 4.69) is 32.9 Å².